The number of carboxylic acid groups (broad SMARTS) is 1. The fourth-order valence-corrected chi connectivity index (χ4v) is 4.50. The van der Waals surface area contributed by atoms with Gasteiger partial charge in [-0.25, -0.2) is 9.78 Å². The maximum atomic E-state index is 13.4. The number of nitrogens with two attached hydrogens (primary N) is 2. The summed E-state index contributed by atoms with van der Waals surface area (Å²) < 4.78 is 0. The van der Waals surface area contributed by atoms with Crippen molar-refractivity contribution in [2.24, 2.45) is 17.4 Å². The number of para-hydroxylation sites is 1. The highest BCUT2D eigenvalue weighted by atomic mass is 16.4. The van der Waals surface area contributed by atoms with Gasteiger partial charge in [0, 0.05) is 41.8 Å². The number of hydrogen-bond acceptors (Lipinski definition) is 7. The molecule has 42 heavy (non-hydrogen) atoms. The van der Waals surface area contributed by atoms with Crippen molar-refractivity contribution in [1.82, 2.24) is 30.9 Å². The molecule has 0 spiro atoms. The molecule has 2 aromatic heterocycles. The molecule has 0 fully saturated rings. The number of H-pyrrole nitrogens is 2. The predicted molar refractivity (Wildman–Crippen MR) is 154 cm³/mol. The Hall–Kier alpha value is -4.72. The number of nitrogens with one attached hydrogen (secondary N) is 5. The molecule has 0 aliphatic rings. The van der Waals surface area contributed by atoms with E-state index in [0.29, 0.717) is 12.1 Å². The molecule has 0 radical (unpaired) electrons. The Bertz CT molecular complexity index is 1390. The van der Waals surface area contributed by atoms with Crippen molar-refractivity contribution in [2.75, 3.05) is 0 Å². The third-order valence-electron chi connectivity index (χ3n) is 7.15. The monoisotopic (exact) mass is 582 g/mol. The summed E-state index contributed by atoms with van der Waals surface area (Å²) in [7, 11) is 0. The van der Waals surface area contributed by atoms with Gasteiger partial charge < -0.3 is 42.5 Å². The summed E-state index contributed by atoms with van der Waals surface area (Å²) in [5.41, 5.74) is 13.7. The zero-order valence-electron chi connectivity index (χ0n) is 23.6. The number of carbonyl (C=O) groups excluding carboxylic acids is 4. The Morgan fingerprint density at radius 2 is 1.67 bits per heavy atom. The van der Waals surface area contributed by atoms with E-state index in [4.69, 9.17) is 11.5 Å². The molecule has 226 valence electrons. The maximum Gasteiger partial charge on any atom is 0.326 e. The van der Waals surface area contributed by atoms with Crippen LogP contribution >= 0.6 is 0 Å². The average molecular weight is 583 g/mol. The molecule has 14 heteroatoms. The largest absolute Gasteiger partial charge is 0.480 e. The normalized spacial score (nSPS) is 14.7. The molecule has 3 rings (SSSR count). The quantitative estimate of drug-likeness (QED) is 0.113. The van der Waals surface area contributed by atoms with Crippen LogP contribution < -0.4 is 27.4 Å². The van der Waals surface area contributed by atoms with Crippen LogP contribution in [0.5, 0.6) is 0 Å². The Kier molecular flexibility index (Phi) is 11.2. The molecule has 5 atom stereocenters. The summed E-state index contributed by atoms with van der Waals surface area (Å²) in [5, 5.41) is 18.2. The van der Waals surface area contributed by atoms with E-state index in [9.17, 15) is 29.1 Å². The van der Waals surface area contributed by atoms with Gasteiger partial charge in [-0.15, -0.1) is 0 Å². The number of imidazole rings is 1. The number of fused-ring (bicyclic) bond motifs is 1. The summed E-state index contributed by atoms with van der Waals surface area (Å²) >= 11 is 0. The van der Waals surface area contributed by atoms with E-state index in [1.54, 1.807) is 20.0 Å². The van der Waals surface area contributed by atoms with Crippen molar-refractivity contribution in [3.8, 4) is 0 Å². The van der Waals surface area contributed by atoms with Gasteiger partial charge in [-0.1, -0.05) is 38.5 Å². The minimum atomic E-state index is -1.25. The molecule has 14 nitrogen and oxygen atoms in total. The first-order chi connectivity index (χ1) is 20.0. The van der Waals surface area contributed by atoms with E-state index in [0.717, 1.165) is 16.5 Å². The van der Waals surface area contributed by atoms with Crippen molar-refractivity contribution in [3.63, 3.8) is 0 Å². The topological polar surface area (TPSA) is 238 Å². The molecule has 0 saturated carbocycles. The van der Waals surface area contributed by atoms with E-state index >= 15 is 0 Å². The highest BCUT2D eigenvalue weighted by molar-refractivity contribution is 5.95. The van der Waals surface area contributed by atoms with Gasteiger partial charge >= 0.3 is 5.97 Å². The minimum Gasteiger partial charge on any atom is -0.480 e. The van der Waals surface area contributed by atoms with Crippen molar-refractivity contribution >= 4 is 40.5 Å². The number of carboxylic acids is 1. The van der Waals surface area contributed by atoms with Crippen LogP contribution in [0.1, 0.15) is 44.4 Å². The number of aliphatic carboxylic acids is 1. The second-order valence-corrected chi connectivity index (χ2v) is 10.3. The minimum absolute atomic E-state index is 0.0407. The first kappa shape index (κ1) is 31.8. The van der Waals surface area contributed by atoms with Crippen molar-refractivity contribution < 1.29 is 29.1 Å². The molecule has 0 aliphatic heterocycles. The molecule has 5 unspecified atom stereocenters. The Labute approximate surface area is 242 Å². The van der Waals surface area contributed by atoms with Gasteiger partial charge in [0.25, 0.3) is 0 Å². The van der Waals surface area contributed by atoms with Crippen LogP contribution in [-0.2, 0) is 36.8 Å². The molecule has 3 aromatic rings. The average Bonchev–Trinajstić information content (AvgIpc) is 3.62. The lowest BCUT2D eigenvalue weighted by Gasteiger charge is -2.26. The van der Waals surface area contributed by atoms with Crippen molar-refractivity contribution in [2.45, 2.75) is 70.1 Å². The smallest absolute Gasteiger partial charge is 0.326 e. The lowest BCUT2D eigenvalue weighted by atomic mass is 9.98. The molecule has 0 bridgehead atoms. The van der Waals surface area contributed by atoms with E-state index in [1.807, 2.05) is 24.3 Å². The maximum absolute atomic E-state index is 13.4. The van der Waals surface area contributed by atoms with Crippen LogP contribution in [-0.4, -0.2) is 73.8 Å². The Morgan fingerprint density at radius 1 is 0.976 bits per heavy atom. The molecule has 4 amide bonds. The van der Waals surface area contributed by atoms with Gasteiger partial charge in [0.1, 0.15) is 18.1 Å². The second-order valence-electron chi connectivity index (χ2n) is 10.3. The van der Waals surface area contributed by atoms with Gasteiger partial charge in [0.2, 0.25) is 23.6 Å². The lowest BCUT2D eigenvalue weighted by Crippen LogP contribution is -2.58. The summed E-state index contributed by atoms with van der Waals surface area (Å²) in [5.74, 6) is -4.41. The summed E-state index contributed by atoms with van der Waals surface area (Å²) in [6.45, 7) is 3.49. The number of nitrogens with zero attached hydrogens (tertiary/aromatic N) is 1. The number of amides is 4. The van der Waals surface area contributed by atoms with Gasteiger partial charge in [0.05, 0.1) is 12.4 Å². The summed E-state index contributed by atoms with van der Waals surface area (Å²) in [4.78, 5) is 72.9. The SMILES string of the molecule is CCC(C)C(NC(=O)C(Cc1cnc[nH]1)NC(=O)C(CCC(N)=O)NC(=O)C(N)Cc1c[nH]c2ccccc12)C(=O)O. The van der Waals surface area contributed by atoms with Gasteiger partial charge in [-0.3, -0.25) is 19.2 Å². The molecular weight excluding hydrogens is 544 g/mol. The summed E-state index contributed by atoms with van der Waals surface area (Å²) in [6.07, 6.45) is 4.89. The van der Waals surface area contributed by atoms with Crippen molar-refractivity contribution in [1.29, 1.82) is 0 Å². The number of rotatable bonds is 16. The Balaban J connectivity index is 1.76. The van der Waals surface area contributed by atoms with Crippen molar-refractivity contribution in [3.05, 3.63) is 54.2 Å². The van der Waals surface area contributed by atoms with Gasteiger partial charge in [-0.05, 0) is 30.4 Å². The second kappa shape index (κ2) is 14.8. The van der Waals surface area contributed by atoms with Crippen LogP contribution in [0.2, 0.25) is 0 Å². The first-order valence-electron chi connectivity index (χ1n) is 13.7. The number of aromatic amines is 2. The fraction of sp³-hybridized carbons (Fsp3) is 0.429. The van der Waals surface area contributed by atoms with E-state index in [2.05, 4.69) is 30.9 Å². The van der Waals surface area contributed by atoms with Crippen LogP contribution in [0.25, 0.3) is 10.9 Å². The highest BCUT2D eigenvalue weighted by Crippen LogP contribution is 2.19. The highest BCUT2D eigenvalue weighted by Gasteiger charge is 2.32. The zero-order valence-corrected chi connectivity index (χ0v) is 23.6. The number of aromatic nitrogens is 3. The van der Waals surface area contributed by atoms with Gasteiger partial charge in [-0.2, -0.15) is 0 Å². The number of hydrogen-bond donors (Lipinski definition) is 8. The van der Waals surface area contributed by atoms with E-state index in [1.165, 1.54) is 12.5 Å². The lowest BCUT2D eigenvalue weighted by molar-refractivity contribution is -0.143. The van der Waals surface area contributed by atoms with Gasteiger partial charge in [0.15, 0.2) is 0 Å². The van der Waals surface area contributed by atoms with Crippen LogP contribution in [0, 0.1) is 5.92 Å². The predicted octanol–water partition coefficient (Wildman–Crippen LogP) is -0.146. The molecule has 0 saturated heterocycles. The number of carbonyl (C=O) groups is 5. The Morgan fingerprint density at radius 3 is 2.31 bits per heavy atom. The zero-order chi connectivity index (χ0) is 30.8. The van der Waals surface area contributed by atoms with Crippen LogP contribution in [0.4, 0.5) is 0 Å². The molecule has 0 aliphatic carbocycles. The van der Waals surface area contributed by atoms with Crippen LogP contribution in [0.3, 0.4) is 0 Å². The standard InChI is InChI=1S/C28H38N8O6/c1-3-15(2)24(28(41)42)36-27(40)22(11-17-13-31-14-33-17)35-26(39)21(8-9-23(30)37)34-25(38)19(29)10-16-12-32-20-7-5-4-6-18(16)20/h4-7,12-15,19,21-22,24,32H,3,8-11,29H2,1-2H3,(H2,30,37)(H,31,33)(H,34,38)(H,35,39)(H,36,40)(H,41,42). The summed E-state index contributed by atoms with van der Waals surface area (Å²) in [6, 6.07) is 2.86. The first-order valence-corrected chi connectivity index (χ1v) is 13.7. The number of benzene rings is 1. The molecule has 1 aromatic carbocycles. The fourth-order valence-electron chi connectivity index (χ4n) is 4.50. The van der Waals surface area contributed by atoms with E-state index < -0.39 is 53.8 Å². The van der Waals surface area contributed by atoms with Crippen LogP contribution in [0.15, 0.2) is 43.0 Å². The number of primary amides is 1. The van der Waals surface area contributed by atoms with E-state index in [-0.39, 0.29) is 31.6 Å². The molecular formula is C28H38N8O6. The third-order valence-corrected chi connectivity index (χ3v) is 7.15. The third kappa shape index (κ3) is 8.64. The molecule has 2 heterocycles. The molecule has 10 N–H and O–H groups in total.